The normalized spacial score (nSPS) is 10.7. The van der Waals surface area contributed by atoms with Gasteiger partial charge in [-0.2, -0.15) is 5.26 Å². The van der Waals surface area contributed by atoms with Crippen molar-refractivity contribution in [1.29, 1.82) is 5.26 Å². The number of aromatic nitrogens is 2. The first kappa shape index (κ1) is 13.0. The molecule has 0 aliphatic heterocycles. The zero-order chi connectivity index (χ0) is 14.3. The van der Waals surface area contributed by atoms with Gasteiger partial charge in [0.1, 0.15) is 5.82 Å². The number of fused-ring (bicyclic) bond motifs is 1. The summed E-state index contributed by atoms with van der Waals surface area (Å²) in [5.41, 5.74) is 3.06. The average Bonchev–Trinajstić information content (AvgIpc) is 2.78. The molecule has 0 bridgehead atoms. The lowest BCUT2D eigenvalue weighted by atomic mass is 10.2. The highest BCUT2D eigenvalue weighted by Gasteiger charge is 2.14. The molecule has 1 heterocycles. The molecule has 3 rings (SSSR count). The third-order valence-electron chi connectivity index (χ3n) is 3.20. The molecule has 20 heavy (non-hydrogen) atoms. The highest BCUT2D eigenvalue weighted by Crippen LogP contribution is 2.34. The summed E-state index contributed by atoms with van der Waals surface area (Å²) in [4.78, 5) is 4.56. The van der Waals surface area contributed by atoms with Gasteiger partial charge in [-0.3, -0.25) is 0 Å². The van der Waals surface area contributed by atoms with Crippen LogP contribution in [-0.4, -0.2) is 9.55 Å². The number of benzene rings is 2. The summed E-state index contributed by atoms with van der Waals surface area (Å²) < 4.78 is 1.94. The number of aryl methyl sites for hydroxylation is 1. The van der Waals surface area contributed by atoms with Crippen molar-refractivity contribution in [3.8, 4) is 17.5 Å². The Morgan fingerprint density at radius 3 is 2.75 bits per heavy atom. The van der Waals surface area contributed by atoms with Gasteiger partial charge >= 0.3 is 0 Å². The predicted octanol–water partition coefficient (Wildman–Crippen LogP) is 4.42. The Morgan fingerprint density at radius 2 is 2.00 bits per heavy atom. The summed E-state index contributed by atoms with van der Waals surface area (Å²) in [5.74, 6) is 0.725. The largest absolute Gasteiger partial charge is 0.327 e. The lowest BCUT2D eigenvalue weighted by molar-refractivity contribution is 0.959. The molecular formula is C15H9Cl2N3. The lowest BCUT2D eigenvalue weighted by Crippen LogP contribution is -1.93. The van der Waals surface area contributed by atoms with Crippen molar-refractivity contribution >= 4 is 34.2 Å². The van der Waals surface area contributed by atoms with Crippen LogP contribution in [0.25, 0.3) is 22.4 Å². The fourth-order valence-corrected chi connectivity index (χ4v) is 2.57. The molecule has 0 aliphatic rings. The molecule has 0 unspecified atom stereocenters. The van der Waals surface area contributed by atoms with Gasteiger partial charge in [-0.05, 0) is 30.3 Å². The number of imidazole rings is 1. The summed E-state index contributed by atoms with van der Waals surface area (Å²) in [5, 5.41) is 9.92. The lowest BCUT2D eigenvalue weighted by Gasteiger charge is -2.05. The molecule has 3 nitrogen and oxygen atoms in total. The van der Waals surface area contributed by atoms with Crippen molar-refractivity contribution in [2.24, 2.45) is 7.05 Å². The zero-order valence-electron chi connectivity index (χ0n) is 10.6. The minimum atomic E-state index is 0.480. The van der Waals surface area contributed by atoms with Crippen LogP contribution in [0.3, 0.4) is 0 Å². The van der Waals surface area contributed by atoms with E-state index in [1.165, 1.54) is 0 Å². The van der Waals surface area contributed by atoms with Crippen molar-refractivity contribution in [2.45, 2.75) is 0 Å². The van der Waals surface area contributed by atoms with E-state index in [9.17, 15) is 0 Å². The first-order valence-corrected chi connectivity index (χ1v) is 6.68. The fourth-order valence-electron chi connectivity index (χ4n) is 2.19. The van der Waals surface area contributed by atoms with Crippen LogP contribution in [0, 0.1) is 11.3 Å². The Labute approximate surface area is 126 Å². The summed E-state index contributed by atoms with van der Waals surface area (Å²) in [7, 11) is 1.91. The van der Waals surface area contributed by atoms with E-state index >= 15 is 0 Å². The van der Waals surface area contributed by atoms with Gasteiger partial charge in [0.25, 0.3) is 0 Å². The SMILES string of the molecule is Cn1c(-c2cccc(Cl)c2Cl)nc2cc(C#N)ccc21. The number of halogens is 2. The van der Waals surface area contributed by atoms with E-state index in [2.05, 4.69) is 11.1 Å². The third kappa shape index (κ3) is 1.94. The minimum Gasteiger partial charge on any atom is -0.327 e. The molecule has 0 radical (unpaired) electrons. The van der Waals surface area contributed by atoms with E-state index in [0.29, 0.717) is 15.6 Å². The molecule has 1 aromatic heterocycles. The molecule has 0 N–H and O–H groups in total. The minimum absolute atomic E-state index is 0.480. The average molecular weight is 302 g/mol. The van der Waals surface area contributed by atoms with Gasteiger partial charge in [0.15, 0.2) is 0 Å². The summed E-state index contributed by atoms with van der Waals surface area (Å²) in [6.45, 7) is 0. The van der Waals surface area contributed by atoms with Crippen molar-refractivity contribution < 1.29 is 0 Å². The summed E-state index contributed by atoms with van der Waals surface area (Å²) >= 11 is 12.3. The van der Waals surface area contributed by atoms with Crippen LogP contribution in [0.4, 0.5) is 0 Å². The molecule has 0 fully saturated rings. The first-order valence-electron chi connectivity index (χ1n) is 5.93. The summed E-state index contributed by atoms with van der Waals surface area (Å²) in [6, 6.07) is 13.0. The number of nitrogens with zero attached hydrogens (tertiary/aromatic N) is 3. The van der Waals surface area contributed by atoms with Gasteiger partial charge in [-0.25, -0.2) is 4.98 Å². The Bertz CT molecular complexity index is 859. The van der Waals surface area contributed by atoms with Crippen LogP contribution < -0.4 is 0 Å². The van der Waals surface area contributed by atoms with Crippen LogP contribution in [-0.2, 0) is 7.05 Å². The van der Waals surface area contributed by atoms with Crippen LogP contribution in [0.2, 0.25) is 10.0 Å². The van der Waals surface area contributed by atoms with E-state index in [1.807, 2.05) is 29.8 Å². The number of nitriles is 1. The van der Waals surface area contributed by atoms with Gasteiger partial charge in [0.2, 0.25) is 0 Å². The van der Waals surface area contributed by atoms with E-state index < -0.39 is 0 Å². The van der Waals surface area contributed by atoms with Crippen molar-refractivity contribution in [1.82, 2.24) is 9.55 Å². The van der Waals surface area contributed by atoms with Crippen molar-refractivity contribution in [3.63, 3.8) is 0 Å². The van der Waals surface area contributed by atoms with Gasteiger partial charge in [0, 0.05) is 12.6 Å². The highest BCUT2D eigenvalue weighted by molar-refractivity contribution is 6.43. The molecule has 0 saturated carbocycles. The van der Waals surface area contributed by atoms with Crippen LogP contribution >= 0.6 is 23.2 Å². The highest BCUT2D eigenvalue weighted by atomic mass is 35.5. The van der Waals surface area contributed by atoms with Gasteiger partial charge in [0.05, 0.1) is 32.7 Å². The number of hydrogen-bond donors (Lipinski definition) is 0. The predicted molar refractivity (Wildman–Crippen MR) is 80.9 cm³/mol. The van der Waals surface area contributed by atoms with E-state index in [4.69, 9.17) is 28.5 Å². The van der Waals surface area contributed by atoms with Crippen LogP contribution in [0.1, 0.15) is 5.56 Å². The molecule has 98 valence electrons. The molecule has 0 aliphatic carbocycles. The summed E-state index contributed by atoms with van der Waals surface area (Å²) in [6.07, 6.45) is 0. The maximum atomic E-state index is 8.95. The Morgan fingerprint density at radius 1 is 1.20 bits per heavy atom. The molecule has 3 aromatic rings. The Balaban J connectivity index is 2.30. The number of hydrogen-bond acceptors (Lipinski definition) is 2. The van der Waals surface area contributed by atoms with Crippen molar-refractivity contribution in [3.05, 3.63) is 52.0 Å². The molecule has 0 atom stereocenters. The Kier molecular flexibility index (Phi) is 3.13. The van der Waals surface area contributed by atoms with Crippen LogP contribution in [0.15, 0.2) is 36.4 Å². The van der Waals surface area contributed by atoms with E-state index in [0.717, 1.165) is 22.4 Å². The van der Waals surface area contributed by atoms with Gasteiger partial charge in [-0.1, -0.05) is 29.3 Å². The quantitative estimate of drug-likeness (QED) is 0.667. The monoisotopic (exact) mass is 301 g/mol. The second-order valence-electron chi connectivity index (χ2n) is 4.41. The van der Waals surface area contributed by atoms with E-state index in [1.54, 1.807) is 18.2 Å². The van der Waals surface area contributed by atoms with Crippen LogP contribution in [0.5, 0.6) is 0 Å². The molecule has 0 spiro atoms. The zero-order valence-corrected chi connectivity index (χ0v) is 12.1. The second-order valence-corrected chi connectivity index (χ2v) is 5.20. The topological polar surface area (TPSA) is 41.6 Å². The van der Waals surface area contributed by atoms with Crippen molar-refractivity contribution in [2.75, 3.05) is 0 Å². The maximum absolute atomic E-state index is 8.95. The third-order valence-corrected chi connectivity index (χ3v) is 4.02. The Hall–Kier alpha value is -2.02. The maximum Gasteiger partial charge on any atom is 0.142 e. The molecular weight excluding hydrogens is 293 g/mol. The van der Waals surface area contributed by atoms with Gasteiger partial charge < -0.3 is 4.57 Å². The van der Waals surface area contributed by atoms with E-state index in [-0.39, 0.29) is 0 Å². The molecule has 5 heteroatoms. The first-order chi connectivity index (χ1) is 9.61. The second kappa shape index (κ2) is 4.82. The smallest absolute Gasteiger partial charge is 0.142 e. The standard InChI is InChI=1S/C15H9Cl2N3/c1-20-13-6-5-9(8-18)7-12(13)19-15(20)10-3-2-4-11(16)14(10)17/h2-7H,1H3. The molecule has 0 saturated heterocycles. The molecule has 2 aromatic carbocycles. The number of rotatable bonds is 1. The van der Waals surface area contributed by atoms with Gasteiger partial charge in [-0.15, -0.1) is 0 Å². The molecule has 0 amide bonds. The fraction of sp³-hybridized carbons (Fsp3) is 0.0667.